The molecule has 0 atom stereocenters. The molecule has 170 valence electrons. The van der Waals surface area contributed by atoms with Crippen LogP contribution in [-0.4, -0.2) is 52.9 Å². The number of aromatic nitrogens is 3. The van der Waals surface area contributed by atoms with Crippen LogP contribution in [0, 0.1) is 12.7 Å². The van der Waals surface area contributed by atoms with E-state index in [2.05, 4.69) is 10.1 Å². The van der Waals surface area contributed by atoms with Crippen LogP contribution in [0.3, 0.4) is 0 Å². The minimum absolute atomic E-state index is 0.0461. The number of halogens is 1. The van der Waals surface area contributed by atoms with Gasteiger partial charge in [-0.05, 0) is 50.2 Å². The Morgan fingerprint density at radius 2 is 1.94 bits per heavy atom. The van der Waals surface area contributed by atoms with E-state index in [0.717, 1.165) is 29.2 Å². The van der Waals surface area contributed by atoms with E-state index in [1.54, 1.807) is 22.0 Å². The molecule has 3 rings (SSSR count). The van der Waals surface area contributed by atoms with Crippen molar-refractivity contribution in [2.45, 2.75) is 25.2 Å². The Bertz CT molecular complexity index is 1150. The molecule has 3 aromatic rings. The topological polar surface area (TPSA) is 85.2 Å². The monoisotopic (exact) mass is 476 g/mol. The molecule has 0 radical (unpaired) electrons. The molecule has 0 aliphatic heterocycles. The first-order valence-electron chi connectivity index (χ1n) is 10.1. The fraction of sp³-hybridized carbons (Fsp3) is 0.318. The van der Waals surface area contributed by atoms with E-state index >= 15 is 0 Å². The van der Waals surface area contributed by atoms with Crippen LogP contribution in [0.25, 0.3) is 5.69 Å². The van der Waals surface area contributed by atoms with Crippen LogP contribution < -0.4 is 4.90 Å². The zero-order valence-corrected chi connectivity index (χ0v) is 19.6. The summed E-state index contributed by atoms with van der Waals surface area (Å²) in [5.41, 5.74) is 2.29. The molecule has 0 saturated heterocycles. The molecule has 2 heterocycles. The number of carbonyl (C=O) groups excluding carboxylic acids is 1. The summed E-state index contributed by atoms with van der Waals surface area (Å²) in [6.07, 6.45) is 5.49. The lowest BCUT2D eigenvalue weighted by molar-refractivity contribution is -0.118. The summed E-state index contributed by atoms with van der Waals surface area (Å²) in [6, 6.07) is 8.52. The van der Waals surface area contributed by atoms with Gasteiger partial charge in [-0.2, -0.15) is 16.9 Å². The molecule has 0 fully saturated rings. The largest absolute Gasteiger partial charge is 0.310 e. The molecule has 0 aliphatic carbocycles. The molecule has 0 N–H and O–H groups in total. The molecule has 0 spiro atoms. The van der Waals surface area contributed by atoms with Crippen molar-refractivity contribution in [1.82, 2.24) is 14.8 Å². The summed E-state index contributed by atoms with van der Waals surface area (Å²) in [5, 5.41) is 4.49. The van der Waals surface area contributed by atoms with Gasteiger partial charge in [0.05, 0.1) is 40.1 Å². The summed E-state index contributed by atoms with van der Waals surface area (Å²) in [4.78, 5) is 18.7. The van der Waals surface area contributed by atoms with Crippen molar-refractivity contribution in [2.75, 3.05) is 28.7 Å². The fourth-order valence-corrected chi connectivity index (χ4v) is 5.80. The van der Waals surface area contributed by atoms with Gasteiger partial charge >= 0.3 is 0 Å². The highest BCUT2D eigenvalue weighted by molar-refractivity contribution is 8.00. The Morgan fingerprint density at radius 1 is 1.19 bits per heavy atom. The molecule has 10 heteroatoms. The standard InChI is InChI=1S/C22H25FN4O3S2/c1-3-26(21-16-27(25-17(21)2)19-5-4-11-24-15-19)22(28)10-12-31-13-14-32(29,30)20-8-6-18(23)7-9-20/h4-9,11,15-16H,3,10,12-14H2,1-2H3. The number of aryl methyl sites for hydroxylation is 1. The number of nitrogens with zero attached hydrogens (tertiary/aromatic N) is 4. The van der Waals surface area contributed by atoms with Crippen LogP contribution in [0.15, 0.2) is 59.9 Å². The number of thioether (sulfide) groups is 1. The van der Waals surface area contributed by atoms with Crippen LogP contribution in [0.2, 0.25) is 0 Å². The molecule has 1 amide bonds. The van der Waals surface area contributed by atoms with Crippen molar-refractivity contribution < 1.29 is 17.6 Å². The first kappa shape index (κ1) is 23.9. The van der Waals surface area contributed by atoms with Crippen molar-refractivity contribution in [1.29, 1.82) is 0 Å². The van der Waals surface area contributed by atoms with Gasteiger partial charge in [0.1, 0.15) is 5.82 Å². The lowest BCUT2D eigenvalue weighted by atomic mass is 10.3. The average molecular weight is 477 g/mol. The third-order valence-electron chi connectivity index (χ3n) is 4.82. The second-order valence-electron chi connectivity index (χ2n) is 7.03. The molecule has 2 aromatic heterocycles. The van der Waals surface area contributed by atoms with Crippen molar-refractivity contribution in [3.63, 3.8) is 0 Å². The maximum absolute atomic E-state index is 13.0. The van der Waals surface area contributed by atoms with E-state index < -0.39 is 15.7 Å². The molecule has 0 unspecified atom stereocenters. The molecule has 0 aliphatic rings. The number of benzene rings is 1. The van der Waals surface area contributed by atoms with Gasteiger partial charge in [-0.3, -0.25) is 9.78 Å². The van der Waals surface area contributed by atoms with Crippen LogP contribution in [0.1, 0.15) is 19.0 Å². The van der Waals surface area contributed by atoms with Crippen LogP contribution >= 0.6 is 11.8 Å². The quantitative estimate of drug-likeness (QED) is 0.328. The Morgan fingerprint density at radius 3 is 2.59 bits per heavy atom. The van der Waals surface area contributed by atoms with Crippen molar-refractivity contribution in [2.24, 2.45) is 0 Å². The second kappa shape index (κ2) is 10.7. The van der Waals surface area contributed by atoms with E-state index in [1.165, 1.54) is 23.9 Å². The number of anilines is 1. The van der Waals surface area contributed by atoms with Gasteiger partial charge < -0.3 is 4.90 Å². The predicted octanol–water partition coefficient (Wildman–Crippen LogP) is 3.66. The number of hydrogen-bond donors (Lipinski definition) is 0. The maximum atomic E-state index is 13.0. The lowest BCUT2D eigenvalue weighted by Gasteiger charge is -2.20. The van der Waals surface area contributed by atoms with Gasteiger partial charge in [-0.25, -0.2) is 17.5 Å². The third kappa shape index (κ3) is 5.95. The smallest absolute Gasteiger partial charge is 0.227 e. The fourth-order valence-electron chi connectivity index (χ4n) is 3.14. The number of rotatable bonds is 10. The molecule has 0 saturated carbocycles. The Balaban J connectivity index is 1.53. The van der Waals surface area contributed by atoms with E-state index in [4.69, 9.17) is 0 Å². The highest BCUT2D eigenvalue weighted by atomic mass is 32.2. The van der Waals surface area contributed by atoms with E-state index in [-0.39, 0.29) is 23.0 Å². The van der Waals surface area contributed by atoms with E-state index in [1.807, 2.05) is 32.2 Å². The molecular formula is C22H25FN4O3S2. The highest BCUT2D eigenvalue weighted by Crippen LogP contribution is 2.22. The number of amides is 1. The van der Waals surface area contributed by atoms with Gasteiger partial charge in [0, 0.05) is 30.7 Å². The molecular weight excluding hydrogens is 451 g/mol. The Labute approximate surface area is 191 Å². The van der Waals surface area contributed by atoms with Gasteiger partial charge in [0.2, 0.25) is 5.91 Å². The van der Waals surface area contributed by atoms with Crippen molar-refractivity contribution in [3.8, 4) is 5.69 Å². The lowest BCUT2D eigenvalue weighted by Crippen LogP contribution is -2.31. The van der Waals surface area contributed by atoms with E-state index in [9.17, 15) is 17.6 Å². The van der Waals surface area contributed by atoms with Gasteiger partial charge in [0.25, 0.3) is 0 Å². The third-order valence-corrected chi connectivity index (χ3v) is 7.80. The Hall–Kier alpha value is -2.72. The first-order valence-corrected chi connectivity index (χ1v) is 13.0. The Kier molecular flexibility index (Phi) is 8.03. The molecule has 1 aromatic carbocycles. The molecule has 32 heavy (non-hydrogen) atoms. The summed E-state index contributed by atoms with van der Waals surface area (Å²) in [7, 11) is -3.47. The number of pyridine rings is 1. The van der Waals surface area contributed by atoms with Gasteiger partial charge in [-0.1, -0.05) is 0 Å². The summed E-state index contributed by atoms with van der Waals surface area (Å²) >= 11 is 1.41. The SMILES string of the molecule is CCN(C(=O)CCSCCS(=O)(=O)c1ccc(F)cc1)c1cn(-c2cccnc2)nc1C. The minimum Gasteiger partial charge on any atom is -0.310 e. The van der Waals surface area contributed by atoms with Gasteiger partial charge in [-0.15, -0.1) is 0 Å². The number of hydrogen-bond acceptors (Lipinski definition) is 6. The maximum Gasteiger partial charge on any atom is 0.227 e. The van der Waals surface area contributed by atoms with Crippen LogP contribution in [-0.2, 0) is 14.6 Å². The zero-order chi connectivity index (χ0) is 23.1. The van der Waals surface area contributed by atoms with Crippen molar-refractivity contribution in [3.05, 3.63) is 66.5 Å². The van der Waals surface area contributed by atoms with Gasteiger partial charge in [0.15, 0.2) is 9.84 Å². The number of carbonyl (C=O) groups is 1. The minimum atomic E-state index is -3.47. The number of sulfone groups is 1. The summed E-state index contributed by atoms with van der Waals surface area (Å²) in [6.45, 7) is 4.26. The van der Waals surface area contributed by atoms with Crippen molar-refractivity contribution >= 4 is 33.2 Å². The highest BCUT2D eigenvalue weighted by Gasteiger charge is 2.19. The molecule has 0 bridgehead atoms. The van der Waals surface area contributed by atoms with E-state index in [0.29, 0.717) is 18.1 Å². The summed E-state index contributed by atoms with van der Waals surface area (Å²) in [5.74, 6) is 0.279. The van der Waals surface area contributed by atoms with Crippen LogP contribution in [0.4, 0.5) is 10.1 Å². The average Bonchev–Trinajstić information content (AvgIpc) is 3.16. The normalized spacial score (nSPS) is 11.5. The predicted molar refractivity (Wildman–Crippen MR) is 125 cm³/mol. The second-order valence-corrected chi connectivity index (χ2v) is 10.4. The zero-order valence-electron chi connectivity index (χ0n) is 17.9. The first-order chi connectivity index (χ1) is 15.3. The molecule has 7 nitrogen and oxygen atoms in total. The summed E-state index contributed by atoms with van der Waals surface area (Å²) < 4.78 is 39.3. The van der Waals surface area contributed by atoms with Crippen LogP contribution in [0.5, 0.6) is 0 Å².